The molecule has 0 unspecified atom stereocenters. The van der Waals surface area contributed by atoms with Gasteiger partial charge in [0.25, 0.3) is 0 Å². The first-order valence-electron chi connectivity index (χ1n) is 9.28. The second-order valence-electron chi connectivity index (χ2n) is 7.58. The van der Waals surface area contributed by atoms with Gasteiger partial charge in [0.05, 0.1) is 13.2 Å². The van der Waals surface area contributed by atoms with Crippen LogP contribution in [-0.2, 0) is 11.3 Å². The summed E-state index contributed by atoms with van der Waals surface area (Å²) in [5.74, 6) is 0. The first-order chi connectivity index (χ1) is 11.7. The van der Waals surface area contributed by atoms with Crippen molar-refractivity contribution in [2.75, 3.05) is 57.4 Å². The molecule has 1 aromatic rings. The highest BCUT2D eigenvalue weighted by Gasteiger charge is 2.38. The second kappa shape index (κ2) is 8.57. The highest BCUT2D eigenvalue weighted by atomic mass is 79.9. The maximum atomic E-state index is 5.53. The fourth-order valence-electron chi connectivity index (χ4n) is 4.54. The third-order valence-corrected chi connectivity index (χ3v) is 6.47. The third kappa shape index (κ3) is 4.51. The van der Waals surface area contributed by atoms with E-state index in [1.807, 2.05) is 0 Å². The summed E-state index contributed by atoms with van der Waals surface area (Å²) in [7, 11) is 0. The number of piperidine rings is 1. The summed E-state index contributed by atoms with van der Waals surface area (Å²) in [5.41, 5.74) is 3.43. The van der Waals surface area contributed by atoms with Crippen molar-refractivity contribution in [1.82, 2.24) is 10.2 Å². The summed E-state index contributed by atoms with van der Waals surface area (Å²) in [6, 6.07) is 6.79. The minimum Gasteiger partial charge on any atom is -0.378 e. The number of halogens is 2. The zero-order valence-corrected chi connectivity index (χ0v) is 17.2. The van der Waals surface area contributed by atoms with Gasteiger partial charge in [0, 0.05) is 36.3 Å². The Morgan fingerprint density at radius 2 is 1.84 bits per heavy atom. The van der Waals surface area contributed by atoms with Crippen LogP contribution in [0.2, 0.25) is 0 Å². The number of benzene rings is 1. The number of hydrogen-bond donors (Lipinski definition) is 1. The van der Waals surface area contributed by atoms with E-state index >= 15 is 0 Å². The summed E-state index contributed by atoms with van der Waals surface area (Å²) in [6.07, 6.45) is 4.07. The van der Waals surface area contributed by atoms with E-state index in [-0.39, 0.29) is 12.4 Å². The molecule has 4 nitrogen and oxygen atoms in total. The minimum absolute atomic E-state index is 0. The number of anilines is 1. The fourth-order valence-corrected chi connectivity index (χ4v) is 4.89. The van der Waals surface area contributed by atoms with Gasteiger partial charge in [-0.25, -0.2) is 0 Å². The van der Waals surface area contributed by atoms with E-state index in [1.54, 1.807) is 0 Å². The first-order valence-corrected chi connectivity index (χ1v) is 10.1. The third-order valence-electron chi connectivity index (χ3n) is 5.97. The number of ether oxygens (including phenoxy) is 1. The number of likely N-dealkylation sites (tertiary alicyclic amines) is 1. The molecule has 3 fully saturated rings. The van der Waals surface area contributed by atoms with Crippen LogP contribution in [0, 0.1) is 5.41 Å². The van der Waals surface area contributed by atoms with E-state index in [4.69, 9.17) is 4.74 Å². The first kappa shape index (κ1) is 19.4. The largest absolute Gasteiger partial charge is 0.378 e. The molecule has 3 aliphatic rings. The molecule has 0 aromatic heterocycles. The number of hydrogen-bond acceptors (Lipinski definition) is 4. The van der Waals surface area contributed by atoms with Gasteiger partial charge in [-0.1, -0.05) is 22.0 Å². The molecular formula is C19H29BrClN3O. The van der Waals surface area contributed by atoms with Crippen molar-refractivity contribution in [3.63, 3.8) is 0 Å². The van der Waals surface area contributed by atoms with Crippen LogP contribution >= 0.6 is 28.3 Å². The van der Waals surface area contributed by atoms with Gasteiger partial charge in [-0.15, -0.1) is 12.4 Å². The average Bonchev–Trinajstić information content (AvgIpc) is 3.00. The van der Waals surface area contributed by atoms with E-state index in [1.165, 1.54) is 61.2 Å². The minimum atomic E-state index is 0. The molecule has 25 heavy (non-hydrogen) atoms. The Kier molecular flexibility index (Phi) is 6.66. The standard InChI is InChI=1S/C19H28BrN3O.ClH/c20-17-2-1-16(18(13-17)23-9-11-24-12-10-23)14-22-8-5-19(15-22)3-6-21-7-4-19;/h1-2,13,21H,3-12,14-15H2;1H. The van der Waals surface area contributed by atoms with E-state index in [0.29, 0.717) is 5.41 Å². The Morgan fingerprint density at radius 1 is 1.08 bits per heavy atom. The molecule has 0 aliphatic carbocycles. The zero-order chi connectivity index (χ0) is 16.4. The lowest BCUT2D eigenvalue weighted by atomic mass is 9.78. The SMILES string of the molecule is Brc1ccc(CN2CCC3(CCNCC3)C2)c(N2CCOCC2)c1.Cl. The van der Waals surface area contributed by atoms with Gasteiger partial charge in [0.2, 0.25) is 0 Å². The Morgan fingerprint density at radius 3 is 2.60 bits per heavy atom. The molecule has 4 rings (SSSR count). The van der Waals surface area contributed by atoms with Gasteiger partial charge in [0.15, 0.2) is 0 Å². The summed E-state index contributed by atoms with van der Waals surface area (Å²) in [5, 5.41) is 3.52. The predicted octanol–water partition coefficient (Wildman–Crippen LogP) is 3.28. The summed E-state index contributed by atoms with van der Waals surface area (Å²) >= 11 is 3.65. The Bertz CT molecular complexity index is 574. The van der Waals surface area contributed by atoms with E-state index in [9.17, 15) is 0 Å². The monoisotopic (exact) mass is 429 g/mol. The van der Waals surface area contributed by atoms with Gasteiger partial charge in [-0.05, 0) is 62.0 Å². The van der Waals surface area contributed by atoms with Gasteiger partial charge >= 0.3 is 0 Å². The lowest BCUT2D eigenvalue weighted by Crippen LogP contribution is -2.39. The number of rotatable bonds is 3. The van der Waals surface area contributed by atoms with Crippen molar-refractivity contribution in [2.45, 2.75) is 25.8 Å². The quantitative estimate of drug-likeness (QED) is 0.796. The topological polar surface area (TPSA) is 27.7 Å². The number of morpholine rings is 1. The van der Waals surface area contributed by atoms with Gasteiger partial charge in [0.1, 0.15) is 0 Å². The molecule has 3 saturated heterocycles. The van der Waals surface area contributed by atoms with Crippen LogP contribution in [0.25, 0.3) is 0 Å². The molecule has 6 heteroatoms. The summed E-state index contributed by atoms with van der Waals surface area (Å²) < 4.78 is 6.70. The van der Waals surface area contributed by atoms with Gasteiger partial charge in [-0.3, -0.25) is 4.90 Å². The molecule has 1 aromatic carbocycles. The molecular weight excluding hydrogens is 402 g/mol. The lowest BCUT2D eigenvalue weighted by molar-refractivity contribution is 0.122. The highest BCUT2D eigenvalue weighted by Crippen LogP contribution is 2.39. The van der Waals surface area contributed by atoms with Crippen molar-refractivity contribution in [1.29, 1.82) is 0 Å². The molecule has 3 aliphatic heterocycles. The highest BCUT2D eigenvalue weighted by molar-refractivity contribution is 9.10. The van der Waals surface area contributed by atoms with Crippen LogP contribution in [0.3, 0.4) is 0 Å². The van der Waals surface area contributed by atoms with Gasteiger partial charge < -0.3 is 15.0 Å². The van der Waals surface area contributed by atoms with Crippen LogP contribution in [0.15, 0.2) is 22.7 Å². The summed E-state index contributed by atoms with van der Waals surface area (Å²) in [4.78, 5) is 5.17. The van der Waals surface area contributed by atoms with Crippen LogP contribution in [0.4, 0.5) is 5.69 Å². The lowest BCUT2D eigenvalue weighted by Gasteiger charge is -2.34. The Balaban J connectivity index is 0.00000182. The molecule has 3 heterocycles. The van der Waals surface area contributed by atoms with Crippen LogP contribution in [0.5, 0.6) is 0 Å². The molecule has 1 spiro atoms. The van der Waals surface area contributed by atoms with Crippen molar-refractivity contribution in [2.24, 2.45) is 5.41 Å². The molecule has 0 saturated carbocycles. The normalized spacial score (nSPS) is 23.6. The molecule has 0 bridgehead atoms. The molecule has 140 valence electrons. The van der Waals surface area contributed by atoms with Crippen molar-refractivity contribution in [3.05, 3.63) is 28.2 Å². The molecule has 0 radical (unpaired) electrons. The second-order valence-corrected chi connectivity index (χ2v) is 8.50. The van der Waals surface area contributed by atoms with E-state index < -0.39 is 0 Å². The van der Waals surface area contributed by atoms with Crippen molar-refractivity contribution < 1.29 is 4.74 Å². The Hall–Kier alpha value is -0.330. The van der Waals surface area contributed by atoms with Crippen molar-refractivity contribution >= 4 is 34.0 Å². The average molecular weight is 431 g/mol. The van der Waals surface area contributed by atoms with E-state index in [0.717, 1.165) is 32.8 Å². The summed E-state index contributed by atoms with van der Waals surface area (Å²) in [6.45, 7) is 9.67. The Labute approximate surface area is 165 Å². The molecule has 0 atom stereocenters. The zero-order valence-electron chi connectivity index (χ0n) is 14.8. The number of nitrogens with one attached hydrogen (secondary N) is 1. The maximum Gasteiger partial charge on any atom is 0.0642 e. The molecule has 1 N–H and O–H groups in total. The number of nitrogens with zero attached hydrogens (tertiary/aromatic N) is 2. The van der Waals surface area contributed by atoms with Crippen molar-refractivity contribution in [3.8, 4) is 0 Å². The van der Waals surface area contributed by atoms with Crippen LogP contribution in [0.1, 0.15) is 24.8 Å². The molecule has 0 amide bonds. The maximum absolute atomic E-state index is 5.53. The predicted molar refractivity (Wildman–Crippen MR) is 109 cm³/mol. The van der Waals surface area contributed by atoms with Crippen LogP contribution in [-0.4, -0.2) is 57.4 Å². The van der Waals surface area contributed by atoms with Gasteiger partial charge in [-0.2, -0.15) is 0 Å². The fraction of sp³-hybridized carbons (Fsp3) is 0.684. The smallest absolute Gasteiger partial charge is 0.0642 e. The van der Waals surface area contributed by atoms with E-state index in [2.05, 4.69) is 49.2 Å². The van der Waals surface area contributed by atoms with Crippen LogP contribution < -0.4 is 10.2 Å².